The molecule has 0 aliphatic heterocycles. The van der Waals surface area contributed by atoms with Gasteiger partial charge < -0.3 is 16.2 Å². The third-order valence-corrected chi connectivity index (χ3v) is 3.41. The lowest BCUT2D eigenvalue weighted by molar-refractivity contribution is -0.130. The molecule has 1 amide bonds. The van der Waals surface area contributed by atoms with Crippen LogP contribution in [0.4, 0.5) is 0 Å². The molecule has 0 aromatic carbocycles. The number of pyridine rings is 1. The summed E-state index contributed by atoms with van der Waals surface area (Å²) in [5, 5.41) is 12.4. The standard InChI is InChI=1S/C13H21N3O2S/c1-19-8-5-11(14)12(17)13(18)16-7-4-10-3-2-6-15-9-10/h2-3,6,9,11-12,17H,4-5,7-8,14H2,1H3,(H,16,18)/t11-,12?/m1/s1. The van der Waals surface area contributed by atoms with E-state index in [2.05, 4.69) is 10.3 Å². The van der Waals surface area contributed by atoms with Gasteiger partial charge in [-0.3, -0.25) is 9.78 Å². The highest BCUT2D eigenvalue weighted by molar-refractivity contribution is 7.98. The number of aliphatic hydroxyl groups excluding tert-OH is 1. The van der Waals surface area contributed by atoms with E-state index in [0.717, 1.165) is 11.3 Å². The van der Waals surface area contributed by atoms with Crippen molar-refractivity contribution < 1.29 is 9.90 Å². The first-order chi connectivity index (χ1) is 9.15. The van der Waals surface area contributed by atoms with Crippen LogP contribution in [0.3, 0.4) is 0 Å². The molecule has 19 heavy (non-hydrogen) atoms. The number of amides is 1. The fourth-order valence-corrected chi connectivity index (χ4v) is 2.09. The number of hydrogen-bond donors (Lipinski definition) is 3. The molecule has 0 fully saturated rings. The predicted octanol–water partition coefficient (Wildman–Crippen LogP) is 0.182. The molecule has 0 aliphatic carbocycles. The van der Waals surface area contributed by atoms with Crippen LogP contribution >= 0.6 is 11.8 Å². The number of nitrogens with zero attached hydrogens (tertiary/aromatic N) is 1. The van der Waals surface area contributed by atoms with E-state index in [1.807, 2.05) is 18.4 Å². The largest absolute Gasteiger partial charge is 0.382 e. The van der Waals surface area contributed by atoms with Crippen LogP contribution in [-0.4, -0.2) is 46.7 Å². The first-order valence-electron chi connectivity index (χ1n) is 6.24. The molecule has 1 aromatic heterocycles. The van der Waals surface area contributed by atoms with E-state index in [-0.39, 0.29) is 0 Å². The Labute approximate surface area is 118 Å². The molecule has 1 aromatic rings. The van der Waals surface area contributed by atoms with Gasteiger partial charge in [-0.05, 0) is 36.5 Å². The normalized spacial score (nSPS) is 13.8. The van der Waals surface area contributed by atoms with Gasteiger partial charge >= 0.3 is 0 Å². The van der Waals surface area contributed by atoms with E-state index in [0.29, 0.717) is 19.4 Å². The SMILES string of the molecule is CSCC[C@@H](N)C(O)C(=O)NCCc1cccnc1. The van der Waals surface area contributed by atoms with Crippen molar-refractivity contribution in [2.75, 3.05) is 18.6 Å². The number of carbonyl (C=O) groups excluding carboxylic acids is 1. The van der Waals surface area contributed by atoms with E-state index in [1.54, 1.807) is 24.2 Å². The Morgan fingerprint density at radius 2 is 2.42 bits per heavy atom. The smallest absolute Gasteiger partial charge is 0.250 e. The summed E-state index contributed by atoms with van der Waals surface area (Å²) < 4.78 is 0. The zero-order valence-electron chi connectivity index (χ0n) is 11.1. The quantitative estimate of drug-likeness (QED) is 0.633. The Hall–Kier alpha value is -1.11. The van der Waals surface area contributed by atoms with Gasteiger partial charge in [0, 0.05) is 25.0 Å². The highest BCUT2D eigenvalue weighted by Crippen LogP contribution is 2.03. The molecule has 2 atom stereocenters. The van der Waals surface area contributed by atoms with Gasteiger partial charge in [0.1, 0.15) is 6.10 Å². The summed E-state index contributed by atoms with van der Waals surface area (Å²) in [4.78, 5) is 15.7. The zero-order valence-corrected chi connectivity index (χ0v) is 11.9. The van der Waals surface area contributed by atoms with Crippen LogP contribution in [-0.2, 0) is 11.2 Å². The maximum absolute atomic E-state index is 11.7. The molecule has 5 nitrogen and oxygen atoms in total. The molecule has 0 aliphatic rings. The van der Waals surface area contributed by atoms with E-state index in [1.165, 1.54) is 0 Å². The molecule has 6 heteroatoms. The summed E-state index contributed by atoms with van der Waals surface area (Å²) in [5.74, 6) is 0.429. The Bertz CT molecular complexity index is 375. The molecule has 1 rings (SSSR count). The van der Waals surface area contributed by atoms with Crippen LogP contribution < -0.4 is 11.1 Å². The minimum Gasteiger partial charge on any atom is -0.382 e. The number of rotatable bonds is 8. The van der Waals surface area contributed by atoms with Gasteiger partial charge in [-0.2, -0.15) is 11.8 Å². The van der Waals surface area contributed by atoms with Crippen molar-refractivity contribution in [3.63, 3.8) is 0 Å². The lowest BCUT2D eigenvalue weighted by Crippen LogP contribution is -2.47. The highest BCUT2D eigenvalue weighted by atomic mass is 32.2. The van der Waals surface area contributed by atoms with Crippen molar-refractivity contribution in [1.29, 1.82) is 0 Å². The van der Waals surface area contributed by atoms with Crippen LogP contribution in [0.25, 0.3) is 0 Å². The van der Waals surface area contributed by atoms with Crippen LogP contribution in [0.1, 0.15) is 12.0 Å². The Morgan fingerprint density at radius 1 is 1.63 bits per heavy atom. The van der Waals surface area contributed by atoms with E-state index < -0.39 is 18.1 Å². The number of hydrogen-bond acceptors (Lipinski definition) is 5. The van der Waals surface area contributed by atoms with Crippen LogP contribution in [0.15, 0.2) is 24.5 Å². The van der Waals surface area contributed by atoms with E-state index >= 15 is 0 Å². The summed E-state index contributed by atoms with van der Waals surface area (Å²) in [6.45, 7) is 0.469. The molecule has 1 unspecified atom stereocenters. The summed E-state index contributed by atoms with van der Waals surface area (Å²) in [6.07, 6.45) is 5.60. The zero-order chi connectivity index (χ0) is 14.1. The third-order valence-electron chi connectivity index (χ3n) is 2.77. The highest BCUT2D eigenvalue weighted by Gasteiger charge is 2.21. The number of nitrogens with two attached hydrogens (primary N) is 1. The van der Waals surface area contributed by atoms with Gasteiger partial charge in [0.2, 0.25) is 5.91 Å². The number of nitrogens with one attached hydrogen (secondary N) is 1. The average Bonchev–Trinajstić information content (AvgIpc) is 2.44. The Kier molecular flexibility index (Phi) is 7.47. The molecule has 1 heterocycles. The minimum absolute atomic E-state index is 0.405. The maximum Gasteiger partial charge on any atom is 0.250 e. The fraction of sp³-hybridized carbons (Fsp3) is 0.538. The minimum atomic E-state index is -1.14. The summed E-state index contributed by atoms with van der Waals surface area (Å²) in [6, 6.07) is 3.29. The number of thioether (sulfide) groups is 1. The lowest BCUT2D eigenvalue weighted by atomic mass is 10.1. The number of carbonyl (C=O) groups is 1. The second-order valence-electron chi connectivity index (χ2n) is 4.29. The first kappa shape index (κ1) is 15.9. The number of aliphatic hydroxyl groups is 1. The molecule has 0 spiro atoms. The third kappa shape index (κ3) is 6.04. The van der Waals surface area contributed by atoms with Crippen molar-refractivity contribution in [3.8, 4) is 0 Å². The topological polar surface area (TPSA) is 88.2 Å². The predicted molar refractivity (Wildman–Crippen MR) is 77.9 cm³/mol. The molecular formula is C13H21N3O2S. The molecule has 0 radical (unpaired) electrons. The van der Waals surface area contributed by atoms with Crippen molar-refractivity contribution in [2.45, 2.75) is 25.0 Å². The van der Waals surface area contributed by atoms with Crippen molar-refractivity contribution in [3.05, 3.63) is 30.1 Å². The molecule has 0 saturated heterocycles. The van der Waals surface area contributed by atoms with Crippen LogP contribution in [0.2, 0.25) is 0 Å². The van der Waals surface area contributed by atoms with Gasteiger partial charge in [0.05, 0.1) is 0 Å². The van der Waals surface area contributed by atoms with Gasteiger partial charge in [-0.1, -0.05) is 6.07 Å². The monoisotopic (exact) mass is 283 g/mol. The van der Waals surface area contributed by atoms with E-state index in [4.69, 9.17) is 5.73 Å². The van der Waals surface area contributed by atoms with Crippen LogP contribution in [0.5, 0.6) is 0 Å². The summed E-state index contributed by atoms with van der Waals surface area (Å²) in [5.41, 5.74) is 6.80. The summed E-state index contributed by atoms with van der Waals surface area (Å²) >= 11 is 1.64. The second-order valence-corrected chi connectivity index (χ2v) is 5.28. The molecule has 4 N–H and O–H groups in total. The van der Waals surface area contributed by atoms with Gasteiger partial charge in [0.15, 0.2) is 0 Å². The van der Waals surface area contributed by atoms with Gasteiger partial charge in [-0.15, -0.1) is 0 Å². The van der Waals surface area contributed by atoms with Crippen LogP contribution in [0, 0.1) is 0 Å². The number of aromatic nitrogens is 1. The summed E-state index contributed by atoms with van der Waals surface area (Å²) in [7, 11) is 0. The second kappa shape index (κ2) is 8.90. The molecule has 0 saturated carbocycles. The molecular weight excluding hydrogens is 262 g/mol. The Morgan fingerprint density at radius 3 is 3.05 bits per heavy atom. The van der Waals surface area contributed by atoms with Gasteiger partial charge in [0.25, 0.3) is 0 Å². The van der Waals surface area contributed by atoms with Crippen molar-refractivity contribution in [2.24, 2.45) is 5.73 Å². The average molecular weight is 283 g/mol. The molecule has 106 valence electrons. The van der Waals surface area contributed by atoms with Gasteiger partial charge in [-0.25, -0.2) is 0 Å². The first-order valence-corrected chi connectivity index (χ1v) is 7.63. The van der Waals surface area contributed by atoms with E-state index in [9.17, 15) is 9.90 Å². The Balaban J connectivity index is 2.26. The fourth-order valence-electron chi connectivity index (χ4n) is 1.59. The van der Waals surface area contributed by atoms with Crippen molar-refractivity contribution >= 4 is 17.7 Å². The maximum atomic E-state index is 11.7. The lowest BCUT2D eigenvalue weighted by Gasteiger charge is -2.17. The van der Waals surface area contributed by atoms with Crippen molar-refractivity contribution in [1.82, 2.24) is 10.3 Å². The molecule has 0 bridgehead atoms.